The zero-order valence-corrected chi connectivity index (χ0v) is 14.0. The first kappa shape index (κ1) is 18.8. The Balaban J connectivity index is 2.59. The van der Waals surface area contributed by atoms with E-state index < -0.39 is 30.1 Å². The van der Waals surface area contributed by atoms with Gasteiger partial charge in [0.2, 0.25) is 5.91 Å². The van der Waals surface area contributed by atoms with E-state index in [9.17, 15) is 19.5 Å². The molecule has 1 heterocycles. The molecule has 8 heteroatoms. The summed E-state index contributed by atoms with van der Waals surface area (Å²) in [4.78, 5) is 36.7. The zero-order chi connectivity index (χ0) is 16.7. The average Bonchev–Trinajstić information content (AvgIpc) is 2.51. The fraction of sp³-hybridized carbons (Fsp3) is 0.786. The number of carboxylic acids is 1. The van der Waals surface area contributed by atoms with Crippen molar-refractivity contribution in [2.75, 3.05) is 24.7 Å². The van der Waals surface area contributed by atoms with Gasteiger partial charge in [-0.05, 0) is 20.3 Å². The molecule has 126 valence electrons. The number of aliphatic carboxylic acids is 1. The lowest BCUT2D eigenvalue weighted by molar-refractivity contribution is -0.151. The van der Waals surface area contributed by atoms with E-state index >= 15 is 0 Å². The zero-order valence-electron chi connectivity index (χ0n) is 13.2. The van der Waals surface area contributed by atoms with Crippen molar-refractivity contribution in [2.45, 2.75) is 45.3 Å². The third-order valence-electron chi connectivity index (χ3n) is 3.37. The molecule has 7 nitrogen and oxygen atoms in total. The van der Waals surface area contributed by atoms with Crippen LogP contribution in [0, 0.1) is 0 Å². The van der Waals surface area contributed by atoms with Crippen LogP contribution < -0.4 is 5.32 Å². The summed E-state index contributed by atoms with van der Waals surface area (Å²) < 4.78 is 5.01. The van der Waals surface area contributed by atoms with Crippen LogP contribution in [0.5, 0.6) is 0 Å². The lowest BCUT2D eigenvalue weighted by Crippen LogP contribution is -2.57. The summed E-state index contributed by atoms with van der Waals surface area (Å²) in [6.07, 6.45) is 0.735. The lowest BCUT2D eigenvalue weighted by Gasteiger charge is -2.35. The molecule has 22 heavy (non-hydrogen) atoms. The summed E-state index contributed by atoms with van der Waals surface area (Å²) in [6, 6.07) is -2.07. The van der Waals surface area contributed by atoms with Gasteiger partial charge < -0.3 is 14.7 Å². The maximum Gasteiger partial charge on any atom is 0.327 e. The second-order valence-electron chi connectivity index (χ2n) is 5.24. The first-order valence-electron chi connectivity index (χ1n) is 7.42. The van der Waals surface area contributed by atoms with Crippen LogP contribution in [0.15, 0.2) is 0 Å². The van der Waals surface area contributed by atoms with Crippen LogP contribution in [-0.2, 0) is 19.1 Å². The Hall–Kier alpha value is -1.28. The number of carboxylic acid groups (broad SMARTS) is 1. The number of carbonyl (C=O) groups is 3. The third-order valence-corrected chi connectivity index (χ3v) is 4.39. The van der Waals surface area contributed by atoms with Crippen molar-refractivity contribution in [3.05, 3.63) is 0 Å². The van der Waals surface area contributed by atoms with E-state index in [1.165, 1.54) is 16.7 Å². The van der Waals surface area contributed by atoms with Crippen molar-refractivity contribution in [3.8, 4) is 0 Å². The van der Waals surface area contributed by atoms with Crippen molar-refractivity contribution < 1.29 is 24.2 Å². The van der Waals surface area contributed by atoms with Gasteiger partial charge in [-0.3, -0.25) is 14.9 Å². The topological polar surface area (TPSA) is 95.9 Å². The molecule has 1 saturated heterocycles. The van der Waals surface area contributed by atoms with E-state index in [1.807, 2.05) is 6.92 Å². The second-order valence-corrected chi connectivity index (χ2v) is 6.39. The van der Waals surface area contributed by atoms with Gasteiger partial charge in [0.05, 0.1) is 12.6 Å². The van der Waals surface area contributed by atoms with Crippen molar-refractivity contribution in [3.63, 3.8) is 0 Å². The minimum absolute atomic E-state index is 0.303. The number of ether oxygens (including phenoxy) is 1. The molecular weight excluding hydrogens is 308 g/mol. The smallest absolute Gasteiger partial charge is 0.327 e. The molecule has 0 aromatic heterocycles. The normalized spacial score (nSPS) is 21.0. The Labute approximate surface area is 134 Å². The largest absolute Gasteiger partial charge is 0.480 e. The number of thioether (sulfide) groups is 1. The Morgan fingerprint density at radius 1 is 1.36 bits per heavy atom. The molecule has 0 radical (unpaired) electrons. The Morgan fingerprint density at radius 2 is 2.05 bits per heavy atom. The molecular formula is C14H24N2O5S. The molecule has 2 unspecified atom stereocenters. The third kappa shape index (κ3) is 5.17. The van der Waals surface area contributed by atoms with E-state index in [4.69, 9.17) is 4.74 Å². The van der Waals surface area contributed by atoms with E-state index in [2.05, 4.69) is 5.32 Å². The van der Waals surface area contributed by atoms with Crippen molar-refractivity contribution in [2.24, 2.45) is 0 Å². The number of amides is 1. The molecule has 1 aliphatic rings. The van der Waals surface area contributed by atoms with Gasteiger partial charge in [0.15, 0.2) is 0 Å². The number of hydrogen-bond acceptors (Lipinski definition) is 6. The molecule has 3 atom stereocenters. The quantitative estimate of drug-likeness (QED) is 0.649. The summed E-state index contributed by atoms with van der Waals surface area (Å²) in [5.41, 5.74) is 0. The molecule has 0 saturated carbocycles. The van der Waals surface area contributed by atoms with Crippen molar-refractivity contribution in [1.82, 2.24) is 10.2 Å². The summed E-state index contributed by atoms with van der Waals surface area (Å²) >= 11 is 1.52. The van der Waals surface area contributed by atoms with Gasteiger partial charge in [-0.2, -0.15) is 11.8 Å². The Bertz CT molecular complexity index is 418. The monoisotopic (exact) mass is 332 g/mol. The maximum atomic E-state index is 12.4. The first-order chi connectivity index (χ1) is 10.4. The second kappa shape index (κ2) is 8.99. The molecule has 0 spiro atoms. The fourth-order valence-electron chi connectivity index (χ4n) is 2.16. The van der Waals surface area contributed by atoms with Crippen LogP contribution in [0.1, 0.15) is 27.2 Å². The number of hydrogen-bond donors (Lipinski definition) is 2. The summed E-state index contributed by atoms with van der Waals surface area (Å²) in [5.74, 6) is -0.602. The molecule has 1 aliphatic heterocycles. The van der Waals surface area contributed by atoms with Crippen molar-refractivity contribution >= 4 is 29.6 Å². The van der Waals surface area contributed by atoms with Gasteiger partial charge in [0.1, 0.15) is 12.1 Å². The highest BCUT2D eigenvalue weighted by atomic mass is 32.2. The number of nitrogens with one attached hydrogen (secondary N) is 1. The van der Waals surface area contributed by atoms with Crippen LogP contribution in [0.3, 0.4) is 0 Å². The molecule has 0 aromatic carbocycles. The van der Waals surface area contributed by atoms with Crippen molar-refractivity contribution in [1.29, 1.82) is 0 Å². The minimum Gasteiger partial charge on any atom is -0.480 e. The van der Waals surface area contributed by atoms with E-state index in [1.54, 1.807) is 13.8 Å². The van der Waals surface area contributed by atoms with Gasteiger partial charge in [0, 0.05) is 18.1 Å². The maximum absolute atomic E-state index is 12.4. The first-order valence-corrected chi connectivity index (χ1v) is 8.57. The molecule has 1 fully saturated rings. The lowest BCUT2D eigenvalue weighted by atomic mass is 10.2. The van der Waals surface area contributed by atoms with Crippen LogP contribution in [-0.4, -0.2) is 70.6 Å². The van der Waals surface area contributed by atoms with Crippen LogP contribution in [0.25, 0.3) is 0 Å². The molecule has 2 N–H and O–H groups in total. The van der Waals surface area contributed by atoms with Gasteiger partial charge in [0.25, 0.3) is 0 Å². The van der Waals surface area contributed by atoms with Gasteiger partial charge in [-0.25, -0.2) is 4.79 Å². The molecule has 0 aromatic rings. The standard InChI is InChI=1S/C14H24N2O5S/c1-4-6-21-14(20)10(3)15-9(2)12(17)16-5-7-22-8-11(16)13(18)19/h9-11,15H,4-8H2,1-3H3,(H,18,19)/t9-,10?,11?/m0/s1. The minimum atomic E-state index is -0.997. The molecule has 0 aliphatic carbocycles. The predicted octanol–water partition coefficient (Wildman–Crippen LogP) is 0.335. The number of carbonyl (C=O) groups excluding carboxylic acids is 2. The van der Waals surface area contributed by atoms with E-state index in [-0.39, 0.29) is 5.91 Å². The Kier molecular flexibility index (Phi) is 7.67. The highest BCUT2D eigenvalue weighted by molar-refractivity contribution is 7.99. The molecule has 1 rings (SSSR count). The van der Waals surface area contributed by atoms with E-state index in [0.29, 0.717) is 18.9 Å². The summed E-state index contributed by atoms with van der Waals surface area (Å²) in [5, 5.41) is 12.1. The van der Waals surface area contributed by atoms with Crippen LogP contribution in [0.4, 0.5) is 0 Å². The number of rotatable bonds is 7. The average molecular weight is 332 g/mol. The fourth-order valence-corrected chi connectivity index (χ4v) is 3.20. The number of esters is 1. The van der Waals surface area contributed by atoms with Crippen LogP contribution >= 0.6 is 11.8 Å². The molecule has 1 amide bonds. The van der Waals surface area contributed by atoms with Gasteiger partial charge in [-0.1, -0.05) is 6.92 Å². The van der Waals surface area contributed by atoms with E-state index in [0.717, 1.165) is 12.2 Å². The SMILES string of the molecule is CCCOC(=O)C(C)N[C@@H](C)C(=O)N1CCSCC1C(=O)O. The van der Waals surface area contributed by atoms with Crippen LogP contribution in [0.2, 0.25) is 0 Å². The summed E-state index contributed by atoms with van der Waals surface area (Å²) in [7, 11) is 0. The highest BCUT2D eigenvalue weighted by Crippen LogP contribution is 2.17. The molecule has 0 bridgehead atoms. The highest BCUT2D eigenvalue weighted by Gasteiger charge is 2.35. The predicted molar refractivity (Wildman–Crippen MR) is 83.8 cm³/mol. The van der Waals surface area contributed by atoms with Gasteiger partial charge in [-0.15, -0.1) is 0 Å². The number of nitrogens with zero attached hydrogens (tertiary/aromatic N) is 1. The van der Waals surface area contributed by atoms with Gasteiger partial charge >= 0.3 is 11.9 Å². The summed E-state index contributed by atoms with van der Waals surface area (Å²) in [6.45, 7) is 5.91. The Morgan fingerprint density at radius 3 is 2.64 bits per heavy atom.